The van der Waals surface area contributed by atoms with E-state index in [9.17, 15) is 9.59 Å². The van der Waals surface area contributed by atoms with Gasteiger partial charge in [0.1, 0.15) is 11.3 Å². The highest BCUT2D eigenvalue weighted by molar-refractivity contribution is 6.35. The number of fused-ring (bicyclic) bond motifs is 4. The lowest BCUT2D eigenvalue weighted by molar-refractivity contribution is 0.0927. The molecule has 2 aliphatic rings. The number of rotatable bonds is 4. The third-order valence-corrected chi connectivity index (χ3v) is 6.29. The minimum Gasteiger partial charge on any atom is -0.469 e. The number of carbonyl (C=O) groups excluding carboxylic acids is 2. The molecule has 0 bridgehead atoms. The van der Waals surface area contributed by atoms with Crippen LogP contribution in [0.2, 0.25) is 5.02 Å². The lowest BCUT2D eigenvalue weighted by atomic mass is 9.74. The summed E-state index contributed by atoms with van der Waals surface area (Å²) in [7, 11) is 0. The summed E-state index contributed by atoms with van der Waals surface area (Å²) in [5.74, 6) is 0.728. The summed E-state index contributed by atoms with van der Waals surface area (Å²) in [6.45, 7) is 0.434. The van der Waals surface area contributed by atoms with Gasteiger partial charge < -0.3 is 24.8 Å². The average Bonchev–Trinajstić information content (AvgIpc) is 3.38. The van der Waals surface area contributed by atoms with Crippen molar-refractivity contribution in [1.82, 2.24) is 10.6 Å². The van der Waals surface area contributed by atoms with Crippen LogP contribution in [0.25, 0.3) is 11.0 Å². The molecule has 30 heavy (non-hydrogen) atoms. The maximum Gasteiger partial charge on any atom is 0.319 e. The van der Waals surface area contributed by atoms with Crippen molar-refractivity contribution in [2.45, 2.75) is 44.1 Å². The molecular weight excluding hydrogens is 406 g/mol. The van der Waals surface area contributed by atoms with Crippen molar-refractivity contribution in [2.24, 2.45) is 0 Å². The molecule has 2 aromatic heterocycles. The fourth-order valence-electron chi connectivity index (χ4n) is 4.64. The fourth-order valence-corrected chi connectivity index (χ4v) is 4.90. The second-order valence-corrected chi connectivity index (χ2v) is 8.35. The number of hydrogen-bond donors (Lipinski definition) is 3. The van der Waals surface area contributed by atoms with Crippen LogP contribution < -0.4 is 16.0 Å². The molecule has 1 aromatic carbocycles. The number of amides is 3. The summed E-state index contributed by atoms with van der Waals surface area (Å²) in [6, 6.07) is 6.87. The Hall–Kier alpha value is -2.93. The van der Waals surface area contributed by atoms with Gasteiger partial charge in [-0.15, -0.1) is 0 Å². The molecule has 3 aromatic rings. The van der Waals surface area contributed by atoms with Crippen molar-refractivity contribution in [3.63, 3.8) is 0 Å². The van der Waals surface area contributed by atoms with Gasteiger partial charge in [-0.3, -0.25) is 4.79 Å². The van der Waals surface area contributed by atoms with Crippen molar-refractivity contribution in [1.29, 1.82) is 0 Å². The van der Waals surface area contributed by atoms with E-state index in [1.165, 1.54) is 0 Å². The van der Waals surface area contributed by atoms with Gasteiger partial charge in [0.25, 0.3) is 5.91 Å². The zero-order valence-corrected chi connectivity index (χ0v) is 17.1. The Labute approximate surface area is 178 Å². The summed E-state index contributed by atoms with van der Waals surface area (Å²) < 4.78 is 11.3. The molecule has 5 rings (SSSR count). The van der Waals surface area contributed by atoms with E-state index in [1.54, 1.807) is 18.4 Å². The molecule has 8 heteroatoms. The first-order valence-electron chi connectivity index (χ1n) is 10.2. The van der Waals surface area contributed by atoms with E-state index in [0.29, 0.717) is 29.3 Å². The van der Waals surface area contributed by atoms with Gasteiger partial charge >= 0.3 is 6.03 Å². The van der Waals surface area contributed by atoms with Crippen LogP contribution in [0, 0.1) is 0 Å². The van der Waals surface area contributed by atoms with Crippen LogP contribution in [0.5, 0.6) is 0 Å². The quantitative estimate of drug-likeness (QED) is 0.549. The first kappa shape index (κ1) is 19.1. The Kier molecular flexibility index (Phi) is 4.70. The Bertz CT molecular complexity index is 1110. The fraction of sp³-hybridized carbons (Fsp3) is 0.364. The molecule has 3 amide bonds. The maximum atomic E-state index is 12.7. The van der Waals surface area contributed by atoms with Gasteiger partial charge in [-0.05, 0) is 37.1 Å². The van der Waals surface area contributed by atoms with Gasteiger partial charge in [-0.25, -0.2) is 4.79 Å². The molecule has 156 valence electrons. The lowest BCUT2D eigenvalue weighted by Gasteiger charge is -2.42. The number of halogens is 1. The molecule has 0 radical (unpaired) electrons. The summed E-state index contributed by atoms with van der Waals surface area (Å²) in [4.78, 5) is 25.0. The van der Waals surface area contributed by atoms with E-state index in [1.807, 2.05) is 12.1 Å². The minimum atomic E-state index is -0.524. The molecule has 0 unspecified atom stereocenters. The summed E-state index contributed by atoms with van der Waals surface area (Å²) >= 11 is 6.52. The van der Waals surface area contributed by atoms with Crippen LogP contribution in [0.4, 0.5) is 10.5 Å². The monoisotopic (exact) mass is 427 g/mol. The minimum absolute atomic E-state index is 0.219. The highest BCUT2D eigenvalue weighted by Crippen LogP contribution is 2.48. The zero-order chi connectivity index (χ0) is 20.7. The predicted octanol–water partition coefficient (Wildman–Crippen LogP) is 4.95. The largest absolute Gasteiger partial charge is 0.469 e. The number of carbonyl (C=O) groups is 2. The topological polar surface area (TPSA) is 96.5 Å². The molecule has 0 saturated heterocycles. The third kappa shape index (κ3) is 3.23. The molecule has 0 atom stereocenters. The summed E-state index contributed by atoms with van der Waals surface area (Å²) in [5, 5.41) is 10.00. The van der Waals surface area contributed by atoms with Crippen molar-refractivity contribution in [3.05, 3.63) is 52.6 Å². The summed E-state index contributed by atoms with van der Waals surface area (Å²) in [6.07, 6.45) is 6.98. The van der Waals surface area contributed by atoms with Gasteiger partial charge in [0, 0.05) is 23.9 Å². The standard InChI is InChI=1S/C22H22ClN3O4/c23-15-11-13-12-16(20(27)24-9-6-14-5-4-10-29-14)30-19(13)17-18(15)25-21(28)26-22(17)7-2-1-3-8-22/h4-5,10-12H,1-3,6-9H2,(H,24,27)(H2,25,26,28). The average molecular weight is 428 g/mol. The van der Waals surface area contributed by atoms with Crippen LogP contribution in [0.15, 0.2) is 39.4 Å². The molecule has 7 nitrogen and oxygen atoms in total. The second kappa shape index (κ2) is 7.40. The van der Waals surface area contributed by atoms with E-state index in [-0.39, 0.29) is 17.7 Å². The molecule has 1 aliphatic heterocycles. The first-order chi connectivity index (χ1) is 14.6. The van der Waals surface area contributed by atoms with Crippen molar-refractivity contribution < 1.29 is 18.4 Å². The van der Waals surface area contributed by atoms with Crippen LogP contribution in [-0.4, -0.2) is 18.5 Å². The molecule has 1 aliphatic carbocycles. The van der Waals surface area contributed by atoms with Gasteiger partial charge in [-0.2, -0.15) is 0 Å². The summed E-state index contributed by atoms with van der Waals surface area (Å²) in [5.41, 5.74) is 1.50. The molecule has 3 heterocycles. The number of urea groups is 1. The molecule has 1 fully saturated rings. The van der Waals surface area contributed by atoms with Crippen molar-refractivity contribution >= 4 is 40.2 Å². The van der Waals surface area contributed by atoms with Gasteiger partial charge in [-0.1, -0.05) is 30.9 Å². The Morgan fingerprint density at radius 1 is 1.23 bits per heavy atom. The number of benzene rings is 1. The lowest BCUT2D eigenvalue weighted by Crippen LogP contribution is -2.52. The molecule has 3 N–H and O–H groups in total. The molecule has 1 saturated carbocycles. The number of anilines is 1. The predicted molar refractivity (Wildman–Crippen MR) is 113 cm³/mol. The van der Waals surface area contributed by atoms with E-state index in [0.717, 1.165) is 48.8 Å². The highest BCUT2D eigenvalue weighted by Gasteiger charge is 2.43. The Morgan fingerprint density at radius 2 is 2.07 bits per heavy atom. The maximum absolute atomic E-state index is 12.7. The van der Waals surface area contributed by atoms with E-state index >= 15 is 0 Å². The van der Waals surface area contributed by atoms with Crippen LogP contribution >= 0.6 is 11.6 Å². The van der Waals surface area contributed by atoms with Crippen LogP contribution in [0.3, 0.4) is 0 Å². The van der Waals surface area contributed by atoms with Gasteiger partial charge in [0.2, 0.25) is 0 Å². The van der Waals surface area contributed by atoms with Crippen LogP contribution in [0.1, 0.15) is 54.0 Å². The number of hydrogen-bond acceptors (Lipinski definition) is 4. The zero-order valence-electron chi connectivity index (χ0n) is 16.3. The van der Waals surface area contributed by atoms with E-state index in [4.69, 9.17) is 20.4 Å². The van der Waals surface area contributed by atoms with E-state index in [2.05, 4.69) is 16.0 Å². The van der Waals surface area contributed by atoms with Crippen molar-refractivity contribution in [3.8, 4) is 0 Å². The number of nitrogens with one attached hydrogen (secondary N) is 3. The normalized spacial score (nSPS) is 17.4. The molecule has 1 spiro atoms. The Morgan fingerprint density at radius 3 is 2.83 bits per heavy atom. The first-order valence-corrected chi connectivity index (χ1v) is 10.6. The number of furan rings is 2. The Balaban J connectivity index is 1.49. The van der Waals surface area contributed by atoms with E-state index < -0.39 is 5.54 Å². The third-order valence-electron chi connectivity index (χ3n) is 6.00. The van der Waals surface area contributed by atoms with Gasteiger partial charge in [0.15, 0.2) is 5.76 Å². The highest BCUT2D eigenvalue weighted by atomic mass is 35.5. The van der Waals surface area contributed by atoms with Crippen molar-refractivity contribution in [2.75, 3.05) is 11.9 Å². The second-order valence-electron chi connectivity index (χ2n) is 7.94. The molecular formula is C22H22ClN3O4. The smallest absolute Gasteiger partial charge is 0.319 e. The van der Waals surface area contributed by atoms with Gasteiger partial charge in [0.05, 0.1) is 22.5 Å². The van der Waals surface area contributed by atoms with Crippen LogP contribution in [-0.2, 0) is 12.0 Å². The SMILES string of the molecule is O=C1Nc2c(Cl)cc3cc(C(=O)NCCc4ccco4)oc3c2C2(CCCCC2)N1.